The SMILES string of the molecule is C=C(OC(C)=O)C(=O)c1ccccc1. The molecule has 0 aliphatic rings. The van der Waals surface area contributed by atoms with Gasteiger partial charge in [0.1, 0.15) is 0 Å². The molecule has 1 aromatic carbocycles. The molecule has 0 unspecified atom stereocenters. The summed E-state index contributed by atoms with van der Waals surface area (Å²) in [5.41, 5.74) is 0.457. The summed E-state index contributed by atoms with van der Waals surface area (Å²) in [6.45, 7) is 4.60. The predicted octanol–water partition coefficient (Wildman–Crippen LogP) is 1.95. The second kappa shape index (κ2) is 4.37. The minimum absolute atomic E-state index is 0.149. The highest BCUT2D eigenvalue weighted by Gasteiger charge is 2.12. The van der Waals surface area contributed by atoms with Gasteiger partial charge in [-0.15, -0.1) is 0 Å². The Morgan fingerprint density at radius 1 is 1.21 bits per heavy atom. The Labute approximate surface area is 82.0 Å². The van der Waals surface area contributed by atoms with Crippen LogP contribution in [0.25, 0.3) is 0 Å². The molecule has 14 heavy (non-hydrogen) atoms. The first-order valence-electron chi connectivity index (χ1n) is 4.08. The molecule has 0 aliphatic heterocycles. The topological polar surface area (TPSA) is 43.4 Å². The molecule has 0 atom stereocenters. The van der Waals surface area contributed by atoms with Gasteiger partial charge in [0.15, 0.2) is 5.76 Å². The zero-order valence-corrected chi connectivity index (χ0v) is 7.82. The highest BCUT2D eigenvalue weighted by Crippen LogP contribution is 2.07. The average molecular weight is 190 g/mol. The summed E-state index contributed by atoms with van der Waals surface area (Å²) in [7, 11) is 0. The van der Waals surface area contributed by atoms with Gasteiger partial charge in [-0.25, -0.2) is 0 Å². The van der Waals surface area contributed by atoms with Crippen LogP contribution in [0.5, 0.6) is 0 Å². The normalized spacial score (nSPS) is 9.21. The first kappa shape index (κ1) is 10.2. The van der Waals surface area contributed by atoms with Crippen LogP contribution in [-0.4, -0.2) is 11.8 Å². The minimum atomic E-state index is -0.542. The third-order valence-corrected chi connectivity index (χ3v) is 1.56. The molecular weight excluding hydrogens is 180 g/mol. The van der Waals surface area contributed by atoms with E-state index in [1.165, 1.54) is 6.92 Å². The van der Waals surface area contributed by atoms with E-state index in [4.69, 9.17) is 0 Å². The van der Waals surface area contributed by atoms with Gasteiger partial charge in [-0.1, -0.05) is 36.9 Å². The fourth-order valence-corrected chi connectivity index (χ4v) is 0.970. The maximum Gasteiger partial charge on any atom is 0.308 e. The van der Waals surface area contributed by atoms with Crippen LogP contribution in [0.3, 0.4) is 0 Å². The number of hydrogen-bond acceptors (Lipinski definition) is 3. The monoisotopic (exact) mass is 190 g/mol. The maximum atomic E-state index is 11.5. The summed E-state index contributed by atoms with van der Waals surface area (Å²) in [5, 5.41) is 0. The van der Waals surface area contributed by atoms with Crippen LogP contribution < -0.4 is 0 Å². The fraction of sp³-hybridized carbons (Fsp3) is 0.0909. The van der Waals surface area contributed by atoms with Crippen LogP contribution in [0, 0.1) is 0 Å². The second-order valence-electron chi connectivity index (χ2n) is 2.71. The third-order valence-electron chi connectivity index (χ3n) is 1.56. The lowest BCUT2D eigenvalue weighted by Crippen LogP contribution is -2.08. The van der Waals surface area contributed by atoms with E-state index in [0.717, 1.165) is 0 Å². The van der Waals surface area contributed by atoms with Crippen molar-refractivity contribution in [3.8, 4) is 0 Å². The molecule has 0 aliphatic carbocycles. The molecular formula is C11H10O3. The lowest BCUT2D eigenvalue weighted by atomic mass is 10.1. The van der Waals surface area contributed by atoms with E-state index in [1.54, 1.807) is 30.3 Å². The number of ether oxygens (including phenoxy) is 1. The van der Waals surface area contributed by atoms with Crippen LogP contribution in [0.1, 0.15) is 17.3 Å². The first-order chi connectivity index (χ1) is 6.61. The van der Waals surface area contributed by atoms with Gasteiger partial charge in [-0.2, -0.15) is 0 Å². The molecule has 72 valence electrons. The molecule has 1 aromatic rings. The van der Waals surface area contributed by atoms with Crippen molar-refractivity contribution >= 4 is 11.8 Å². The maximum absolute atomic E-state index is 11.5. The molecule has 0 spiro atoms. The molecule has 0 saturated carbocycles. The molecule has 0 radical (unpaired) electrons. The third kappa shape index (κ3) is 2.55. The van der Waals surface area contributed by atoms with Crippen LogP contribution in [0.2, 0.25) is 0 Å². The standard InChI is InChI=1S/C11H10O3/c1-8(14-9(2)12)11(13)10-6-4-3-5-7-10/h3-7H,1H2,2H3. The molecule has 1 rings (SSSR count). The smallest absolute Gasteiger partial charge is 0.308 e. The molecule has 0 heterocycles. The van der Waals surface area contributed by atoms with Gasteiger partial charge >= 0.3 is 5.97 Å². The Morgan fingerprint density at radius 2 is 1.79 bits per heavy atom. The van der Waals surface area contributed by atoms with E-state index in [1.807, 2.05) is 0 Å². The van der Waals surface area contributed by atoms with E-state index in [2.05, 4.69) is 11.3 Å². The van der Waals surface area contributed by atoms with E-state index >= 15 is 0 Å². The van der Waals surface area contributed by atoms with Crippen molar-refractivity contribution in [2.45, 2.75) is 6.92 Å². The zero-order valence-electron chi connectivity index (χ0n) is 7.82. The number of carbonyl (C=O) groups excluding carboxylic acids is 2. The molecule has 3 nitrogen and oxygen atoms in total. The summed E-state index contributed by atoms with van der Waals surface area (Å²) in [4.78, 5) is 22.1. The van der Waals surface area contributed by atoms with Crippen molar-refractivity contribution in [2.24, 2.45) is 0 Å². The number of rotatable bonds is 3. The van der Waals surface area contributed by atoms with Gasteiger partial charge in [0.25, 0.3) is 0 Å². The Hall–Kier alpha value is -1.90. The first-order valence-corrected chi connectivity index (χ1v) is 4.08. The number of allylic oxidation sites excluding steroid dienone is 1. The summed E-state index contributed by atoms with van der Waals surface area (Å²) < 4.78 is 4.58. The Morgan fingerprint density at radius 3 is 2.29 bits per heavy atom. The molecule has 0 aromatic heterocycles. The van der Waals surface area contributed by atoms with Crippen molar-refractivity contribution in [1.82, 2.24) is 0 Å². The molecule has 0 fully saturated rings. The Kier molecular flexibility index (Phi) is 3.18. The van der Waals surface area contributed by atoms with Gasteiger partial charge in [-0.3, -0.25) is 9.59 Å². The van der Waals surface area contributed by atoms with Crippen molar-refractivity contribution in [3.63, 3.8) is 0 Å². The average Bonchev–Trinajstić information content (AvgIpc) is 2.17. The predicted molar refractivity (Wildman–Crippen MR) is 51.7 cm³/mol. The number of esters is 1. The van der Waals surface area contributed by atoms with Crippen molar-refractivity contribution in [1.29, 1.82) is 0 Å². The molecule has 0 N–H and O–H groups in total. The van der Waals surface area contributed by atoms with E-state index in [0.29, 0.717) is 5.56 Å². The number of ketones is 1. The van der Waals surface area contributed by atoms with Crippen LogP contribution >= 0.6 is 0 Å². The van der Waals surface area contributed by atoms with Crippen LogP contribution in [0.4, 0.5) is 0 Å². The largest absolute Gasteiger partial charge is 0.423 e. The van der Waals surface area contributed by atoms with Crippen molar-refractivity contribution in [3.05, 3.63) is 48.2 Å². The second-order valence-corrected chi connectivity index (χ2v) is 2.71. The number of carbonyl (C=O) groups is 2. The van der Waals surface area contributed by atoms with E-state index in [9.17, 15) is 9.59 Å². The summed E-state index contributed by atoms with van der Waals surface area (Å²) in [6.07, 6.45) is 0. The minimum Gasteiger partial charge on any atom is -0.423 e. The Balaban J connectivity index is 2.76. The molecule has 0 amide bonds. The van der Waals surface area contributed by atoms with E-state index < -0.39 is 5.97 Å². The number of hydrogen-bond donors (Lipinski definition) is 0. The summed E-state index contributed by atoms with van der Waals surface area (Å²) >= 11 is 0. The lowest BCUT2D eigenvalue weighted by molar-refractivity contribution is -0.136. The zero-order chi connectivity index (χ0) is 10.6. The molecule has 0 saturated heterocycles. The van der Waals surface area contributed by atoms with Crippen molar-refractivity contribution < 1.29 is 14.3 Å². The number of Topliss-reactive ketones (excluding diaryl/α,β-unsaturated/α-hetero) is 1. The quantitative estimate of drug-likeness (QED) is 0.316. The van der Waals surface area contributed by atoms with Gasteiger partial charge in [0, 0.05) is 12.5 Å². The molecule has 0 bridgehead atoms. The highest BCUT2D eigenvalue weighted by molar-refractivity contribution is 6.07. The Bertz CT molecular complexity index is 365. The van der Waals surface area contributed by atoms with Crippen molar-refractivity contribution in [2.75, 3.05) is 0 Å². The lowest BCUT2D eigenvalue weighted by Gasteiger charge is -2.03. The van der Waals surface area contributed by atoms with Gasteiger partial charge in [0.05, 0.1) is 0 Å². The van der Waals surface area contributed by atoms with Crippen LogP contribution in [-0.2, 0) is 9.53 Å². The summed E-state index contributed by atoms with van der Waals surface area (Å²) in [6, 6.07) is 8.53. The van der Waals surface area contributed by atoms with Crippen LogP contribution in [0.15, 0.2) is 42.7 Å². The summed E-state index contributed by atoms with van der Waals surface area (Å²) in [5.74, 6) is -1.07. The van der Waals surface area contributed by atoms with Gasteiger partial charge < -0.3 is 4.74 Å². The fourth-order valence-electron chi connectivity index (χ4n) is 0.970. The van der Waals surface area contributed by atoms with E-state index in [-0.39, 0.29) is 11.5 Å². The number of benzene rings is 1. The molecule has 3 heteroatoms. The van der Waals surface area contributed by atoms with Gasteiger partial charge in [0.2, 0.25) is 5.78 Å². The highest BCUT2D eigenvalue weighted by atomic mass is 16.5. The van der Waals surface area contributed by atoms with Gasteiger partial charge in [-0.05, 0) is 0 Å².